The van der Waals surface area contributed by atoms with Crippen molar-refractivity contribution in [2.45, 2.75) is 18.6 Å². The summed E-state index contributed by atoms with van der Waals surface area (Å²) in [5, 5.41) is 0.610. The second kappa shape index (κ2) is 5.72. The third kappa shape index (κ3) is 3.23. The highest BCUT2D eigenvalue weighted by molar-refractivity contribution is 7.99. The summed E-state index contributed by atoms with van der Waals surface area (Å²) in [6, 6.07) is 7.61. The highest BCUT2D eigenvalue weighted by Gasteiger charge is 2.05. The predicted molar refractivity (Wildman–Crippen MR) is 66.0 cm³/mol. The molecule has 1 aromatic carbocycles. The van der Waals surface area contributed by atoms with Crippen LogP contribution in [0.3, 0.4) is 0 Å². The molecule has 0 fully saturated rings. The molecule has 0 radical (unpaired) electrons. The predicted octanol–water partition coefficient (Wildman–Crippen LogP) is 2.87. The first kappa shape index (κ1) is 12.0. The van der Waals surface area contributed by atoms with Crippen molar-refractivity contribution < 1.29 is 13.9 Å². The van der Waals surface area contributed by atoms with E-state index in [4.69, 9.17) is 9.15 Å². The largest absolute Gasteiger partial charge is 0.465 e. The minimum absolute atomic E-state index is 0.178. The van der Waals surface area contributed by atoms with Crippen LogP contribution in [0.2, 0.25) is 0 Å². The Labute approximate surface area is 103 Å². The molecule has 0 aliphatic carbocycles. The molecule has 2 rings (SSSR count). The maximum Gasteiger partial charge on any atom is 0.305 e. The van der Waals surface area contributed by atoms with Crippen LogP contribution in [-0.2, 0) is 9.53 Å². The second-order valence-corrected chi connectivity index (χ2v) is 4.42. The molecule has 0 amide bonds. The number of carbonyl (C=O) groups excluding carboxylic acids is 1. The molecule has 1 aromatic heterocycles. The zero-order valence-corrected chi connectivity index (χ0v) is 10.3. The van der Waals surface area contributed by atoms with Gasteiger partial charge < -0.3 is 9.15 Å². The van der Waals surface area contributed by atoms with Gasteiger partial charge in [0.2, 0.25) is 0 Å². The van der Waals surface area contributed by atoms with Crippen LogP contribution >= 0.6 is 11.8 Å². The van der Waals surface area contributed by atoms with Crippen molar-refractivity contribution in [3.63, 3.8) is 0 Å². The Morgan fingerprint density at radius 3 is 3.06 bits per heavy atom. The average molecular weight is 251 g/mol. The van der Waals surface area contributed by atoms with Gasteiger partial charge in [-0.25, -0.2) is 4.98 Å². The first-order valence-electron chi connectivity index (χ1n) is 5.43. The van der Waals surface area contributed by atoms with Crippen molar-refractivity contribution in [2.75, 3.05) is 12.4 Å². The average Bonchev–Trinajstić information content (AvgIpc) is 2.76. The maximum atomic E-state index is 10.9. The van der Waals surface area contributed by atoms with E-state index in [2.05, 4.69) is 4.98 Å². The van der Waals surface area contributed by atoms with Crippen LogP contribution in [0.25, 0.3) is 11.1 Å². The molecular formula is C12H13NO3S. The number of rotatable bonds is 5. The molecule has 1 heterocycles. The molecule has 0 saturated heterocycles. The van der Waals surface area contributed by atoms with E-state index in [-0.39, 0.29) is 5.97 Å². The monoisotopic (exact) mass is 251 g/mol. The van der Waals surface area contributed by atoms with Crippen LogP contribution in [-0.4, -0.2) is 23.3 Å². The first-order valence-corrected chi connectivity index (χ1v) is 6.42. The van der Waals surface area contributed by atoms with Crippen LogP contribution in [0.5, 0.6) is 0 Å². The van der Waals surface area contributed by atoms with Crippen molar-refractivity contribution in [2.24, 2.45) is 0 Å². The number of benzene rings is 1. The fourth-order valence-corrected chi connectivity index (χ4v) is 1.95. The van der Waals surface area contributed by atoms with Gasteiger partial charge in [-0.05, 0) is 12.1 Å². The summed E-state index contributed by atoms with van der Waals surface area (Å²) in [7, 11) is 0. The molecule has 0 bridgehead atoms. The Morgan fingerprint density at radius 1 is 1.47 bits per heavy atom. The number of hydrogen-bond donors (Lipinski definition) is 0. The summed E-state index contributed by atoms with van der Waals surface area (Å²) in [6.45, 7) is 2.16. The third-order valence-corrected chi connectivity index (χ3v) is 2.93. The Balaban J connectivity index is 1.85. The molecule has 0 spiro atoms. The second-order valence-electron chi connectivity index (χ2n) is 3.37. The van der Waals surface area contributed by atoms with Gasteiger partial charge in [-0.15, -0.1) is 0 Å². The van der Waals surface area contributed by atoms with Crippen molar-refractivity contribution in [1.82, 2.24) is 4.98 Å². The highest BCUT2D eigenvalue weighted by Crippen LogP contribution is 2.22. The summed E-state index contributed by atoms with van der Waals surface area (Å²) in [6.07, 6.45) is 0.410. The summed E-state index contributed by atoms with van der Waals surface area (Å²) in [4.78, 5) is 15.2. The van der Waals surface area contributed by atoms with Gasteiger partial charge in [0, 0.05) is 12.2 Å². The number of ether oxygens (including phenoxy) is 1. The maximum absolute atomic E-state index is 10.9. The van der Waals surface area contributed by atoms with Crippen molar-refractivity contribution in [3.8, 4) is 0 Å². The molecule has 90 valence electrons. The normalized spacial score (nSPS) is 10.6. The molecular weight excluding hydrogens is 238 g/mol. The lowest BCUT2D eigenvalue weighted by molar-refractivity contribution is -0.142. The van der Waals surface area contributed by atoms with Crippen LogP contribution in [0.15, 0.2) is 33.9 Å². The van der Waals surface area contributed by atoms with Crippen molar-refractivity contribution in [1.29, 1.82) is 0 Å². The van der Waals surface area contributed by atoms with E-state index in [1.54, 1.807) is 6.92 Å². The lowest BCUT2D eigenvalue weighted by atomic mass is 10.3. The van der Waals surface area contributed by atoms with Crippen LogP contribution < -0.4 is 0 Å². The van der Waals surface area contributed by atoms with Gasteiger partial charge >= 0.3 is 5.97 Å². The molecule has 0 atom stereocenters. The molecule has 2 aromatic rings. The van der Waals surface area contributed by atoms with Crippen LogP contribution in [0, 0.1) is 0 Å². The molecule has 0 aliphatic heterocycles. The van der Waals surface area contributed by atoms with Crippen LogP contribution in [0.4, 0.5) is 0 Å². The lowest BCUT2D eigenvalue weighted by Gasteiger charge is -2.00. The summed E-state index contributed by atoms with van der Waals surface area (Å²) in [5.41, 5.74) is 1.63. The number of fused-ring (bicyclic) bond motifs is 1. The van der Waals surface area contributed by atoms with E-state index in [0.29, 0.717) is 24.0 Å². The first-order chi connectivity index (χ1) is 8.29. The number of aromatic nitrogens is 1. The van der Waals surface area contributed by atoms with Gasteiger partial charge in [0.15, 0.2) is 5.58 Å². The number of hydrogen-bond acceptors (Lipinski definition) is 5. The molecule has 0 unspecified atom stereocenters. The highest BCUT2D eigenvalue weighted by atomic mass is 32.2. The SMILES string of the molecule is CCC(=O)OCCSc1nc2ccccc2o1. The topological polar surface area (TPSA) is 52.3 Å². The van der Waals surface area contributed by atoms with Gasteiger partial charge in [0.1, 0.15) is 12.1 Å². The van der Waals surface area contributed by atoms with Gasteiger partial charge in [0.05, 0.1) is 0 Å². The minimum Gasteiger partial charge on any atom is -0.465 e. The van der Waals surface area contributed by atoms with Crippen LogP contribution in [0.1, 0.15) is 13.3 Å². The Bertz CT molecular complexity index is 476. The fourth-order valence-electron chi connectivity index (χ4n) is 1.30. The van der Waals surface area contributed by atoms with Crippen molar-refractivity contribution >= 4 is 28.8 Å². The smallest absolute Gasteiger partial charge is 0.305 e. The summed E-state index contributed by atoms with van der Waals surface area (Å²) >= 11 is 1.44. The Hall–Kier alpha value is -1.49. The van der Waals surface area contributed by atoms with Crippen molar-refractivity contribution in [3.05, 3.63) is 24.3 Å². The zero-order chi connectivity index (χ0) is 12.1. The fraction of sp³-hybridized carbons (Fsp3) is 0.333. The van der Waals surface area contributed by atoms with Gasteiger partial charge in [-0.3, -0.25) is 4.79 Å². The number of oxazole rings is 1. The number of thioether (sulfide) groups is 1. The lowest BCUT2D eigenvalue weighted by Crippen LogP contribution is -2.05. The molecule has 4 nitrogen and oxygen atoms in total. The summed E-state index contributed by atoms with van der Waals surface area (Å²) < 4.78 is 10.5. The number of carbonyl (C=O) groups is 1. The number of para-hydroxylation sites is 2. The molecule has 5 heteroatoms. The molecule has 0 N–H and O–H groups in total. The van der Waals surface area contributed by atoms with E-state index in [0.717, 1.165) is 11.1 Å². The molecule has 17 heavy (non-hydrogen) atoms. The minimum atomic E-state index is -0.178. The summed E-state index contributed by atoms with van der Waals surface area (Å²) in [5.74, 6) is 0.474. The zero-order valence-electron chi connectivity index (χ0n) is 9.51. The third-order valence-electron chi connectivity index (χ3n) is 2.13. The van der Waals surface area contributed by atoms with E-state index >= 15 is 0 Å². The molecule has 0 aliphatic rings. The van der Waals surface area contributed by atoms with E-state index in [1.807, 2.05) is 24.3 Å². The Kier molecular flexibility index (Phi) is 4.03. The van der Waals surface area contributed by atoms with Gasteiger partial charge in [-0.2, -0.15) is 0 Å². The Morgan fingerprint density at radius 2 is 2.29 bits per heavy atom. The number of nitrogens with zero attached hydrogens (tertiary/aromatic N) is 1. The van der Waals surface area contributed by atoms with Gasteiger partial charge in [-0.1, -0.05) is 30.8 Å². The van der Waals surface area contributed by atoms with E-state index in [9.17, 15) is 4.79 Å². The quantitative estimate of drug-likeness (QED) is 0.464. The van der Waals surface area contributed by atoms with E-state index < -0.39 is 0 Å². The standard InChI is InChI=1S/C12H13NO3S/c1-2-11(14)15-7-8-17-12-13-9-5-3-4-6-10(9)16-12/h3-6H,2,7-8H2,1H3. The van der Waals surface area contributed by atoms with Gasteiger partial charge in [0.25, 0.3) is 5.22 Å². The van der Waals surface area contributed by atoms with E-state index in [1.165, 1.54) is 11.8 Å². The molecule has 0 saturated carbocycles. The number of esters is 1.